The quantitative estimate of drug-likeness (QED) is 0.906. The topological polar surface area (TPSA) is 56.3 Å². The maximum Gasteiger partial charge on any atom is 0.152 e. The third-order valence-corrected chi connectivity index (χ3v) is 3.53. The Morgan fingerprint density at radius 3 is 2.55 bits per heavy atom. The summed E-state index contributed by atoms with van der Waals surface area (Å²) < 4.78 is 11.5. The molecule has 5 nitrogen and oxygen atoms in total. The van der Waals surface area contributed by atoms with E-state index in [1.54, 1.807) is 26.6 Å². The van der Waals surface area contributed by atoms with Crippen molar-refractivity contribution in [3.05, 3.63) is 29.0 Å². The molecule has 2 rings (SSSR count). The number of methoxy groups -OCH3 is 2. The summed E-state index contributed by atoms with van der Waals surface area (Å²) in [7, 11) is 3.23. The van der Waals surface area contributed by atoms with Crippen molar-refractivity contribution >= 4 is 21.7 Å². The lowest BCUT2D eigenvalue weighted by Crippen LogP contribution is -2.03. The van der Waals surface area contributed by atoms with Crippen LogP contribution in [0.5, 0.6) is 11.5 Å². The molecule has 0 unspecified atom stereocenters. The molecule has 0 atom stereocenters. The van der Waals surface area contributed by atoms with Gasteiger partial charge in [0.15, 0.2) is 5.82 Å². The fourth-order valence-electron chi connectivity index (χ4n) is 1.91. The average molecular weight is 338 g/mol. The highest BCUT2D eigenvalue weighted by Crippen LogP contribution is 2.42. The number of halogens is 1. The predicted octanol–water partition coefficient (Wildman–Crippen LogP) is 3.36. The van der Waals surface area contributed by atoms with Crippen molar-refractivity contribution < 1.29 is 9.47 Å². The van der Waals surface area contributed by atoms with Crippen LogP contribution in [0.4, 0.5) is 5.82 Å². The first-order chi connectivity index (χ1) is 9.72. The van der Waals surface area contributed by atoms with Gasteiger partial charge in [0.1, 0.15) is 21.7 Å². The number of anilines is 1. The molecule has 0 amide bonds. The highest BCUT2D eigenvalue weighted by atomic mass is 79.9. The second-order valence-electron chi connectivity index (χ2n) is 3.95. The zero-order valence-corrected chi connectivity index (χ0v) is 13.2. The van der Waals surface area contributed by atoms with Gasteiger partial charge >= 0.3 is 0 Å². The predicted molar refractivity (Wildman–Crippen MR) is 82.4 cm³/mol. The van der Waals surface area contributed by atoms with Crippen molar-refractivity contribution in [3.63, 3.8) is 0 Å². The Morgan fingerprint density at radius 1 is 1.15 bits per heavy atom. The molecule has 1 N–H and O–H groups in total. The summed E-state index contributed by atoms with van der Waals surface area (Å²) in [5.74, 6) is 2.11. The van der Waals surface area contributed by atoms with Crippen LogP contribution in [-0.2, 0) is 0 Å². The van der Waals surface area contributed by atoms with Gasteiger partial charge in [-0.05, 0) is 35.0 Å². The van der Waals surface area contributed by atoms with E-state index in [1.165, 1.54) is 0 Å². The van der Waals surface area contributed by atoms with E-state index in [2.05, 4.69) is 31.2 Å². The highest BCUT2D eigenvalue weighted by Gasteiger charge is 2.17. The summed E-state index contributed by atoms with van der Waals surface area (Å²) in [6.45, 7) is 2.78. The van der Waals surface area contributed by atoms with Gasteiger partial charge in [-0.2, -0.15) is 0 Å². The number of benzene rings is 1. The van der Waals surface area contributed by atoms with Gasteiger partial charge in [0.2, 0.25) is 0 Å². The summed E-state index contributed by atoms with van der Waals surface area (Å²) in [6, 6.07) is 3.78. The lowest BCUT2D eigenvalue weighted by molar-refractivity contribution is 0.390. The van der Waals surface area contributed by atoms with Crippen molar-refractivity contribution in [1.29, 1.82) is 0 Å². The van der Waals surface area contributed by atoms with Crippen molar-refractivity contribution in [2.24, 2.45) is 0 Å². The number of rotatable bonds is 5. The first kappa shape index (κ1) is 14.6. The van der Waals surface area contributed by atoms with Gasteiger partial charge in [-0.1, -0.05) is 0 Å². The van der Waals surface area contributed by atoms with Crippen LogP contribution in [0.15, 0.2) is 29.0 Å². The zero-order chi connectivity index (χ0) is 14.5. The van der Waals surface area contributed by atoms with E-state index in [0.29, 0.717) is 11.5 Å². The van der Waals surface area contributed by atoms with Crippen LogP contribution in [0.1, 0.15) is 6.92 Å². The van der Waals surface area contributed by atoms with Crippen molar-refractivity contribution in [2.75, 3.05) is 26.1 Å². The standard InChI is InChI=1S/C14H16BrN3O2/c1-4-16-14-12(17-7-8-18-14)9-5-6-10(19-2)11(15)13(9)20-3/h5-8H,4H2,1-3H3,(H,16,18). The highest BCUT2D eigenvalue weighted by molar-refractivity contribution is 9.10. The van der Waals surface area contributed by atoms with Crippen LogP contribution < -0.4 is 14.8 Å². The largest absolute Gasteiger partial charge is 0.495 e. The van der Waals surface area contributed by atoms with Gasteiger partial charge in [-0.15, -0.1) is 0 Å². The van der Waals surface area contributed by atoms with Crippen LogP contribution in [-0.4, -0.2) is 30.7 Å². The van der Waals surface area contributed by atoms with Crippen LogP contribution in [0, 0.1) is 0 Å². The van der Waals surface area contributed by atoms with Crippen molar-refractivity contribution in [3.8, 4) is 22.8 Å². The third kappa shape index (κ3) is 2.70. The normalized spacial score (nSPS) is 10.2. The molecule has 1 aromatic carbocycles. The van der Waals surface area contributed by atoms with Crippen LogP contribution in [0.25, 0.3) is 11.3 Å². The minimum Gasteiger partial charge on any atom is -0.495 e. The monoisotopic (exact) mass is 337 g/mol. The molecule has 0 aliphatic rings. The van der Waals surface area contributed by atoms with Crippen molar-refractivity contribution in [1.82, 2.24) is 9.97 Å². The molecular weight excluding hydrogens is 322 g/mol. The van der Waals surface area contributed by atoms with Crippen LogP contribution >= 0.6 is 15.9 Å². The maximum absolute atomic E-state index is 5.48. The summed E-state index contributed by atoms with van der Waals surface area (Å²) in [6.07, 6.45) is 3.32. The van der Waals surface area contributed by atoms with E-state index in [9.17, 15) is 0 Å². The summed E-state index contributed by atoms with van der Waals surface area (Å²) in [4.78, 5) is 8.72. The number of hydrogen-bond acceptors (Lipinski definition) is 5. The Labute approximate surface area is 126 Å². The van der Waals surface area contributed by atoms with Gasteiger partial charge in [-0.3, -0.25) is 4.98 Å². The number of ether oxygens (including phenoxy) is 2. The van der Waals surface area contributed by atoms with E-state index in [-0.39, 0.29) is 0 Å². The Bertz CT molecular complexity index is 605. The second-order valence-corrected chi connectivity index (χ2v) is 4.74. The van der Waals surface area contributed by atoms with E-state index < -0.39 is 0 Å². The van der Waals surface area contributed by atoms with Gasteiger partial charge in [0.05, 0.1) is 14.2 Å². The Balaban J connectivity index is 2.61. The molecule has 20 heavy (non-hydrogen) atoms. The molecule has 0 aliphatic carbocycles. The minimum atomic E-state index is 0.670. The van der Waals surface area contributed by atoms with Crippen LogP contribution in [0.2, 0.25) is 0 Å². The molecule has 6 heteroatoms. The fraction of sp³-hybridized carbons (Fsp3) is 0.286. The van der Waals surface area contributed by atoms with E-state index in [0.717, 1.165) is 28.1 Å². The second kappa shape index (κ2) is 6.56. The van der Waals surface area contributed by atoms with Gasteiger partial charge in [0.25, 0.3) is 0 Å². The Morgan fingerprint density at radius 2 is 1.90 bits per heavy atom. The molecule has 1 aromatic heterocycles. The summed E-state index contributed by atoms with van der Waals surface area (Å²) in [5, 5.41) is 3.20. The smallest absolute Gasteiger partial charge is 0.152 e. The fourth-order valence-corrected chi connectivity index (χ4v) is 2.58. The molecule has 0 saturated carbocycles. The average Bonchev–Trinajstić information content (AvgIpc) is 2.48. The molecular formula is C14H16BrN3O2. The molecule has 2 aromatic rings. The van der Waals surface area contributed by atoms with Gasteiger partial charge in [-0.25, -0.2) is 4.98 Å². The number of hydrogen-bond donors (Lipinski definition) is 1. The number of nitrogens with zero attached hydrogens (tertiary/aromatic N) is 2. The Hall–Kier alpha value is -1.82. The number of nitrogens with one attached hydrogen (secondary N) is 1. The van der Waals surface area contributed by atoms with Gasteiger partial charge < -0.3 is 14.8 Å². The maximum atomic E-state index is 5.48. The Kier molecular flexibility index (Phi) is 4.79. The molecule has 0 fully saturated rings. The molecule has 0 saturated heterocycles. The number of aromatic nitrogens is 2. The minimum absolute atomic E-state index is 0.670. The SMILES string of the molecule is CCNc1nccnc1-c1ccc(OC)c(Br)c1OC. The van der Waals surface area contributed by atoms with E-state index in [1.807, 2.05) is 19.1 Å². The lowest BCUT2D eigenvalue weighted by atomic mass is 10.1. The molecule has 0 bridgehead atoms. The first-order valence-electron chi connectivity index (χ1n) is 6.18. The summed E-state index contributed by atoms with van der Waals surface area (Å²) >= 11 is 3.49. The van der Waals surface area contributed by atoms with Gasteiger partial charge in [0, 0.05) is 24.5 Å². The molecule has 0 aliphatic heterocycles. The van der Waals surface area contributed by atoms with E-state index in [4.69, 9.17) is 9.47 Å². The molecule has 106 valence electrons. The summed E-state index contributed by atoms with van der Waals surface area (Å²) in [5.41, 5.74) is 1.60. The molecule has 1 heterocycles. The first-order valence-corrected chi connectivity index (χ1v) is 6.98. The molecule has 0 radical (unpaired) electrons. The lowest BCUT2D eigenvalue weighted by Gasteiger charge is -2.15. The molecule has 0 spiro atoms. The van der Waals surface area contributed by atoms with Crippen molar-refractivity contribution in [2.45, 2.75) is 6.92 Å². The third-order valence-electron chi connectivity index (χ3n) is 2.78. The van der Waals surface area contributed by atoms with Crippen LogP contribution in [0.3, 0.4) is 0 Å². The zero-order valence-electron chi connectivity index (χ0n) is 11.6. The van der Waals surface area contributed by atoms with E-state index >= 15 is 0 Å².